The monoisotopic (exact) mass is 405 g/mol. The van der Waals surface area contributed by atoms with E-state index in [2.05, 4.69) is 10.6 Å². The first-order chi connectivity index (χ1) is 13.4. The third-order valence-corrected chi connectivity index (χ3v) is 4.68. The number of nitrogens with one attached hydrogen (secondary N) is 2. The van der Waals surface area contributed by atoms with E-state index in [-0.39, 0.29) is 36.8 Å². The number of rotatable bonds is 9. The van der Waals surface area contributed by atoms with Crippen molar-refractivity contribution in [1.82, 2.24) is 15.5 Å². The Bertz CT molecular complexity index is 798. The normalized spacial score (nSPS) is 11.9. The summed E-state index contributed by atoms with van der Waals surface area (Å²) in [5, 5.41) is 6.28. The fourth-order valence-electron chi connectivity index (χ4n) is 2.74. The van der Waals surface area contributed by atoms with E-state index in [4.69, 9.17) is 11.6 Å². The van der Waals surface area contributed by atoms with E-state index < -0.39 is 0 Å². The van der Waals surface area contributed by atoms with Crippen molar-refractivity contribution >= 4 is 23.4 Å². The number of benzene rings is 2. The molecule has 0 spiro atoms. The minimum absolute atomic E-state index is 0.103. The molecule has 0 bridgehead atoms. The minimum Gasteiger partial charge on any atom is -0.351 e. The number of amides is 2. The maximum absolute atomic E-state index is 12.9. The Balaban J connectivity index is 1.80. The molecule has 0 aliphatic carbocycles. The van der Waals surface area contributed by atoms with E-state index in [9.17, 15) is 14.0 Å². The lowest BCUT2D eigenvalue weighted by Crippen LogP contribution is -2.43. The van der Waals surface area contributed by atoms with Crippen LogP contribution in [0.5, 0.6) is 0 Å². The van der Waals surface area contributed by atoms with E-state index >= 15 is 0 Å². The van der Waals surface area contributed by atoms with Crippen molar-refractivity contribution in [3.8, 4) is 0 Å². The third kappa shape index (κ3) is 6.94. The molecule has 0 radical (unpaired) electrons. The highest BCUT2D eigenvalue weighted by molar-refractivity contribution is 6.31. The molecule has 28 heavy (non-hydrogen) atoms. The Morgan fingerprint density at radius 1 is 1.07 bits per heavy atom. The second kappa shape index (κ2) is 10.8. The van der Waals surface area contributed by atoms with Gasteiger partial charge in [0.2, 0.25) is 11.8 Å². The standard InChI is InChI=1S/C21H25ClFN3O2/c1-3-26(13-20(27)24-12-16-8-10-17(23)11-9-16)14-21(28)25-15(2)18-6-4-5-7-19(18)22/h4-11,15H,3,12-14H2,1-2H3,(H,24,27)(H,25,28). The molecule has 150 valence electrons. The summed E-state index contributed by atoms with van der Waals surface area (Å²) in [4.78, 5) is 26.2. The van der Waals surface area contributed by atoms with Crippen molar-refractivity contribution in [2.24, 2.45) is 0 Å². The molecule has 2 aromatic carbocycles. The zero-order valence-electron chi connectivity index (χ0n) is 16.0. The van der Waals surface area contributed by atoms with Crippen LogP contribution in [0.25, 0.3) is 0 Å². The van der Waals surface area contributed by atoms with Crippen molar-refractivity contribution in [2.45, 2.75) is 26.4 Å². The first kappa shape index (κ1) is 21.9. The summed E-state index contributed by atoms with van der Waals surface area (Å²) >= 11 is 6.16. The van der Waals surface area contributed by atoms with Crippen LogP contribution in [0.1, 0.15) is 31.0 Å². The average Bonchev–Trinajstić information content (AvgIpc) is 2.67. The molecule has 0 aliphatic heterocycles. The highest BCUT2D eigenvalue weighted by atomic mass is 35.5. The molecule has 2 aromatic rings. The molecule has 0 saturated heterocycles. The number of hydrogen-bond donors (Lipinski definition) is 2. The molecule has 0 fully saturated rings. The Kier molecular flexibility index (Phi) is 8.42. The van der Waals surface area contributed by atoms with Crippen molar-refractivity contribution in [3.63, 3.8) is 0 Å². The van der Waals surface area contributed by atoms with Gasteiger partial charge >= 0.3 is 0 Å². The van der Waals surface area contributed by atoms with Crippen molar-refractivity contribution < 1.29 is 14.0 Å². The minimum atomic E-state index is -0.315. The van der Waals surface area contributed by atoms with Crippen LogP contribution in [0.3, 0.4) is 0 Å². The van der Waals surface area contributed by atoms with Gasteiger partial charge in [-0.05, 0) is 42.8 Å². The van der Waals surface area contributed by atoms with Gasteiger partial charge in [0.1, 0.15) is 5.82 Å². The van der Waals surface area contributed by atoms with Crippen LogP contribution >= 0.6 is 11.6 Å². The first-order valence-corrected chi connectivity index (χ1v) is 9.54. The predicted octanol–water partition coefficient (Wildman–Crippen LogP) is 3.29. The predicted molar refractivity (Wildman–Crippen MR) is 108 cm³/mol. The van der Waals surface area contributed by atoms with Crippen molar-refractivity contribution in [2.75, 3.05) is 19.6 Å². The molecular weight excluding hydrogens is 381 g/mol. The molecule has 0 saturated carbocycles. The van der Waals surface area contributed by atoms with Crippen LogP contribution in [0.2, 0.25) is 5.02 Å². The number of hydrogen-bond acceptors (Lipinski definition) is 3. The van der Waals surface area contributed by atoms with Crippen LogP contribution in [0.15, 0.2) is 48.5 Å². The molecule has 7 heteroatoms. The maximum Gasteiger partial charge on any atom is 0.234 e. The quantitative estimate of drug-likeness (QED) is 0.673. The van der Waals surface area contributed by atoms with Crippen LogP contribution in [0.4, 0.5) is 4.39 Å². The number of carbonyl (C=O) groups is 2. The van der Waals surface area contributed by atoms with Gasteiger partial charge < -0.3 is 10.6 Å². The van der Waals surface area contributed by atoms with Gasteiger partial charge in [0.25, 0.3) is 0 Å². The highest BCUT2D eigenvalue weighted by Crippen LogP contribution is 2.21. The molecule has 2 amide bonds. The van der Waals surface area contributed by atoms with Crippen LogP contribution < -0.4 is 10.6 Å². The number of halogens is 2. The fraction of sp³-hybridized carbons (Fsp3) is 0.333. The molecule has 0 aromatic heterocycles. The summed E-state index contributed by atoms with van der Waals surface area (Å²) in [7, 11) is 0. The topological polar surface area (TPSA) is 61.4 Å². The average molecular weight is 406 g/mol. The highest BCUT2D eigenvalue weighted by Gasteiger charge is 2.16. The smallest absolute Gasteiger partial charge is 0.234 e. The largest absolute Gasteiger partial charge is 0.351 e. The Morgan fingerprint density at radius 3 is 2.36 bits per heavy atom. The summed E-state index contributed by atoms with van der Waals surface area (Å²) in [5.41, 5.74) is 1.65. The molecular formula is C21H25ClFN3O2. The lowest BCUT2D eigenvalue weighted by atomic mass is 10.1. The Hall–Kier alpha value is -2.44. The lowest BCUT2D eigenvalue weighted by Gasteiger charge is -2.21. The third-order valence-electron chi connectivity index (χ3n) is 4.33. The summed E-state index contributed by atoms with van der Waals surface area (Å²) in [6, 6.07) is 13.1. The lowest BCUT2D eigenvalue weighted by molar-refractivity contribution is -0.125. The van der Waals surface area contributed by atoms with E-state index in [0.29, 0.717) is 18.1 Å². The summed E-state index contributed by atoms with van der Waals surface area (Å²) < 4.78 is 12.9. The van der Waals surface area contributed by atoms with Crippen LogP contribution in [-0.4, -0.2) is 36.3 Å². The van der Waals surface area contributed by atoms with Gasteiger partial charge in [-0.25, -0.2) is 4.39 Å². The van der Waals surface area contributed by atoms with Gasteiger partial charge in [-0.1, -0.05) is 48.9 Å². The Labute approximate surface area is 169 Å². The van der Waals surface area contributed by atoms with Gasteiger partial charge in [0.05, 0.1) is 19.1 Å². The number of likely N-dealkylation sites (N-methyl/N-ethyl adjacent to an activating group) is 1. The number of nitrogens with zero attached hydrogens (tertiary/aromatic N) is 1. The second-order valence-corrected chi connectivity index (χ2v) is 6.92. The van der Waals surface area contributed by atoms with E-state index in [1.165, 1.54) is 12.1 Å². The van der Waals surface area contributed by atoms with Crippen molar-refractivity contribution in [3.05, 3.63) is 70.5 Å². The molecule has 0 heterocycles. The Morgan fingerprint density at radius 2 is 1.71 bits per heavy atom. The molecule has 5 nitrogen and oxygen atoms in total. The van der Waals surface area contributed by atoms with Gasteiger partial charge in [-0.15, -0.1) is 0 Å². The van der Waals surface area contributed by atoms with E-state index in [0.717, 1.165) is 11.1 Å². The van der Waals surface area contributed by atoms with Gasteiger partial charge in [-0.3, -0.25) is 14.5 Å². The van der Waals surface area contributed by atoms with Crippen LogP contribution in [-0.2, 0) is 16.1 Å². The molecule has 1 unspecified atom stereocenters. The zero-order valence-corrected chi connectivity index (χ0v) is 16.8. The summed E-state index contributed by atoms with van der Waals surface area (Å²) in [6.07, 6.45) is 0. The van der Waals surface area contributed by atoms with Gasteiger partial charge in [0, 0.05) is 11.6 Å². The zero-order chi connectivity index (χ0) is 20.5. The first-order valence-electron chi connectivity index (χ1n) is 9.16. The molecule has 2 N–H and O–H groups in total. The van der Waals surface area contributed by atoms with Gasteiger partial charge in [-0.2, -0.15) is 0 Å². The van der Waals surface area contributed by atoms with Crippen molar-refractivity contribution in [1.29, 1.82) is 0 Å². The molecule has 2 rings (SSSR count). The van der Waals surface area contributed by atoms with Crippen LogP contribution in [0, 0.1) is 5.82 Å². The fourth-order valence-corrected chi connectivity index (χ4v) is 3.04. The van der Waals surface area contributed by atoms with E-state index in [1.54, 1.807) is 23.1 Å². The summed E-state index contributed by atoms with van der Waals surface area (Å²) in [5.74, 6) is -0.692. The van der Waals surface area contributed by atoms with E-state index in [1.807, 2.05) is 32.0 Å². The maximum atomic E-state index is 12.9. The molecule has 1 atom stereocenters. The van der Waals surface area contributed by atoms with Gasteiger partial charge in [0.15, 0.2) is 0 Å². The summed E-state index contributed by atoms with van der Waals surface area (Å²) in [6.45, 7) is 4.83. The molecule has 0 aliphatic rings. The second-order valence-electron chi connectivity index (χ2n) is 6.52. The number of carbonyl (C=O) groups excluding carboxylic acids is 2. The SMILES string of the molecule is CCN(CC(=O)NCc1ccc(F)cc1)CC(=O)NC(C)c1ccccc1Cl.